The Kier molecular flexibility index (Phi) is 2.69. The van der Waals surface area contributed by atoms with Crippen LogP contribution >= 0.6 is 0 Å². The quantitative estimate of drug-likeness (QED) is 0.809. The Morgan fingerprint density at radius 1 is 0.950 bits per heavy atom. The summed E-state index contributed by atoms with van der Waals surface area (Å²) >= 11 is 0. The molecule has 1 aromatic heterocycles. The molecule has 4 fully saturated rings. The Labute approximate surface area is 118 Å². The van der Waals surface area contributed by atoms with Crippen LogP contribution in [0.1, 0.15) is 32.1 Å². The summed E-state index contributed by atoms with van der Waals surface area (Å²) in [5, 5.41) is 9.02. The summed E-state index contributed by atoms with van der Waals surface area (Å²) in [6.45, 7) is 0. The molecule has 0 atom stereocenters. The smallest absolute Gasteiger partial charge is 0.153 e. The Balaban J connectivity index is 1.55. The molecule has 106 valence electrons. The van der Waals surface area contributed by atoms with Crippen molar-refractivity contribution in [1.29, 1.82) is 0 Å². The van der Waals surface area contributed by atoms with Crippen molar-refractivity contribution in [3.63, 3.8) is 0 Å². The molecule has 4 aliphatic carbocycles. The van der Waals surface area contributed by atoms with Crippen molar-refractivity contribution in [3.8, 4) is 0 Å². The summed E-state index contributed by atoms with van der Waals surface area (Å²) in [4.78, 5) is 4.03. The van der Waals surface area contributed by atoms with Gasteiger partial charge in [0.05, 0.1) is 6.04 Å². The summed E-state index contributed by atoms with van der Waals surface area (Å²) in [7, 11) is 0. The fourth-order valence-corrected chi connectivity index (χ4v) is 4.78. The van der Waals surface area contributed by atoms with Crippen molar-refractivity contribution >= 4 is 17.3 Å². The summed E-state index contributed by atoms with van der Waals surface area (Å²) in [6.07, 6.45) is 6.88. The van der Waals surface area contributed by atoms with Gasteiger partial charge in [0.15, 0.2) is 5.82 Å². The predicted molar refractivity (Wildman–Crippen MR) is 78.4 cm³/mol. The van der Waals surface area contributed by atoms with Crippen molar-refractivity contribution in [1.82, 2.24) is 4.98 Å². The SMILES string of the molecule is Nc1ccc(N=NC2C3CC4CC(C3)CC2C4)c(N)n1. The molecule has 0 radical (unpaired) electrons. The summed E-state index contributed by atoms with van der Waals surface area (Å²) in [5.74, 6) is 4.23. The second-order valence-electron chi connectivity index (χ2n) is 6.78. The topological polar surface area (TPSA) is 89.6 Å². The maximum Gasteiger partial charge on any atom is 0.153 e. The molecule has 0 aromatic carbocycles. The average Bonchev–Trinajstić information content (AvgIpc) is 2.39. The first kappa shape index (κ1) is 12.1. The first-order valence-electron chi connectivity index (χ1n) is 7.62. The average molecular weight is 271 g/mol. The molecule has 0 saturated heterocycles. The lowest BCUT2D eigenvalue weighted by Crippen LogP contribution is -2.47. The zero-order valence-electron chi connectivity index (χ0n) is 11.6. The number of hydrogen-bond donors (Lipinski definition) is 2. The molecule has 0 amide bonds. The minimum Gasteiger partial charge on any atom is -0.384 e. The van der Waals surface area contributed by atoms with Crippen LogP contribution in [0.2, 0.25) is 0 Å². The van der Waals surface area contributed by atoms with Gasteiger partial charge >= 0.3 is 0 Å². The van der Waals surface area contributed by atoms with E-state index in [2.05, 4.69) is 15.2 Å². The maximum atomic E-state index is 5.84. The molecule has 0 spiro atoms. The van der Waals surface area contributed by atoms with Gasteiger partial charge in [-0.05, 0) is 67.9 Å². The number of pyridine rings is 1. The Hall–Kier alpha value is -1.65. The Bertz CT molecular complexity index is 525. The lowest BCUT2D eigenvalue weighted by Gasteiger charge is -2.52. The van der Waals surface area contributed by atoms with E-state index < -0.39 is 0 Å². The van der Waals surface area contributed by atoms with Gasteiger partial charge in [0.1, 0.15) is 11.5 Å². The van der Waals surface area contributed by atoms with E-state index in [0.29, 0.717) is 23.4 Å². The van der Waals surface area contributed by atoms with Crippen molar-refractivity contribution < 1.29 is 0 Å². The van der Waals surface area contributed by atoms with Gasteiger partial charge in [0.2, 0.25) is 0 Å². The highest BCUT2D eigenvalue weighted by molar-refractivity contribution is 5.59. The molecule has 1 aromatic rings. The van der Waals surface area contributed by atoms with Gasteiger partial charge < -0.3 is 11.5 Å². The first-order valence-corrected chi connectivity index (χ1v) is 7.62. The minimum atomic E-state index is 0.373. The lowest BCUT2D eigenvalue weighted by atomic mass is 9.54. The van der Waals surface area contributed by atoms with Gasteiger partial charge in [-0.25, -0.2) is 4.98 Å². The molecule has 5 heteroatoms. The molecule has 4 saturated carbocycles. The summed E-state index contributed by atoms with van der Waals surface area (Å²) < 4.78 is 0. The van der Waals surface area contributed by atoms with Gasteiger partial charge in [0.25, 0.3) is 0 Å². The van der Waals surface area contributed by atoms with Crippen LogP contribution in [0.15, 0.2) is 22.4 Å². The molecular weight excluding hydrogens is 250 g/mol. The van der Waals surface area contributed by atoms with E-state index in [9.17, 15) is 0 Å². The number of aromatic nitrogens is 1. The van der Waals surface area contributed by atoms with E-state index in [1.54, 1.807) is 12.1 Å². The van der Waals surface area contributed by atoms with Crippen LogP contribution in [-0.4, -0.2) is 11.0 Å². The van der Waals surface area contributed by atoms with E-state index in [0.717, 1.165) is 23.7 Å². The summed E-state index contributed by atoms with van der Waals surface area (Å²) in [6, 6.07) is 3.93. The Morgan fingerprint density at radius 2 is 1.60 bits per heavy atom. The molecule has 1 heterocycles. The minimum absolute atomic E-state index is 0.373. The molecule has 4 bridgehead atoms. The van der Waals surface area contributed by atoms with Crippen molar-refractivity contribution in [2.75, 3.05) is 11.5 Å². The van der Waals surface area contributed by atoms with Gasteiger partial charge in [-0.1, -0.05) is 0 Å². The Morgan fingerprint density at radius 3 is 2.20 bits per heavy atom. The van der Waals surface area contributed by atoms with Gasteiger partial charge in [-0.15, -0.1) is 0 Å². The third-order valence-electron chi connectivity index (χ3n) is 5.40. The molecule has 5 nitrogen and oxygen atoms in total. The second kappa shape index (κ2) is 4.43. The highest BCUT2D eigenvalue weighted by Crippen LogP contribution is 2.54. The zero-order valence-corrected chi connectivity index (χ0v) is 11.6. The highest BCUT2D eigenvalue weighted by Gasteiger charge is 2.48. The van der Waals surface area contributed by atoms with Gasteiger partial charge in [-0.2, -0.15) is 10.2 Å². The zero-order chi connectivity index (χ0) is 13.7. The number of hydrogen-bond acceptors (Lipinski definition) is 5. The van der Waals surface area contributed by atoms with Crippen LogP contribution in [0.3, 0.4) is 0 Å². The fraction of sp³-hybridized carbons (Fsp3) is 0.667. The van der Waals surface area contributed by atoms with Gasteiger partial charge in [-0.3, -0.25) is 0 Å². The molecule has 5 rings (SSSR count). The number of nitrogen functional groups attached to an aromatic ring is 2. The third-order valence-corrected chi connectivity index (χ3v) is 5.40. The molecule has 0 aliphatic heterocycles. The van der Waals surface area contributed by atoms with E-state index in [1.807, 2.05) is 0 Å². The van der Waals surface area contributed by atoms with Crippen molar-refractivity contribution in [2.45, 2.75) is 38.1 Å². The number of rotatable bonds is 2. The monoisotopic (exact) mass is 271 g/mol. The lowest BCUT2D eigenvalue weighted by molar-refractivity contribution is -0.000938. The van der Waals surface area contributed by atoms with E-state index in [4.69, 9.17) is 11.5 Å². The van der Waals surface area contributed by atoms with E-state index in [1.165, 1.54) is 32.1 Å². The molecule has 4 N–H and O–H groups in total. The number of nitrogens with zero attached hydrogens (tertiary/aromatic N) is 3. The van der Waals surface area contributed by atoms with Crippen molar-refractivity contribution in [3.05, 3.63) is 12.1 Å². The van der Waals surface area contributed by atoms with Crippen molar-refractivity contribution in [2.24, 2.45) is 33.9 Å². The number of nitrogens with two attached hydrogens (primary N) is 2. The fourth-order valence-electron chi connectivity index (χ4n) is 4.78. The van der Waals surface area contributed by atoms with E-state index in [-0.39, 0.29) is 0 Å². The van der Waals surface area contributed by atoms with Crippen LogP contribution in [0.25, 0.3) is 0 Å². The largest absolute Gasteiger partial charge is 0.384 e. The van der Waals surface area contributed by atoms with Crippen LogP contribution in [0.5, 0.6) is 0 Å². The van der Waals surface area contributed by atoms with Crippen LogP contribution in [-0.2, 0) is 0 Å². The predicted octanol–water partition coefficient (Wildman–Crippen LogP) is 3.15. The molecular formula is C15H21N5. The highest BCUT2D eigenvalue weighted by atomic mass is 15.2. The number of azo groups is 1. The third kappa shape index (κ3) is 1.96. The second-order valence-corrected chi connectivity index (χ2v) is 6.78. The standard InChI is InChI=1S/C15H21N5/c16-13-2-1-12(15(17)18-13)19-20-14-10-4-8-3-9(6-10)7-11(14)5-8/h1-2,8-11,14H,3-7H2,(H4,16,17,18). The van der Waals surface area contributed by atoms with Gasteiger partial charge in [0, 0.05) is 0 Å². The maximum absolute atomic E-state index is 5.84. The molecule has 0 unspecified atom stereocenters. The summed E-state index contributed by atoms with van der Waals surface area (Å²) in [5.41, 5.74) is 12.1. The number of anilines is 2. The molecule has 20 heavy (non-hydrogen) atoms. The van der Waals surface area contributed by atoms with E-state index >= 15 is 0 Å². The normalized spacial score (nSPS) is 38.7. The molecule has 4 aliphatic rings. The van der Waals surface area contributed by atoms with Crippen LogP contribution in [0.4, 0.5) is 17.3 Å². The first-order chi connectivity index (χ1) is 9.69. The van der Waals surface area contributed by atoms with Crippen LogP contribution < -0.4 is 11.5 Å². The van der Waals surface area contributed by atoms with Crippen LogP contribution in [0, 0.1) is 23.7 Å².